The maximum atomic E-state index is 13.0. The summed E-state index contributed by atoms with van der Waals surface area (Å²) in [5, 5.41) is 4.22. The van der Waals surface area contributed by atoms with E-state index in [1.54, 1.807) is 12.1 Å². The van der Waals surface area contributed by atoms with Crippen LogP contribution in [0.5, 0.6) is 0 Å². The van der Waals surface area contributed by atoms with E-state index in [-0.39, 0.29) is 11.1 Å². The molecular weight excluding hydrogens is 284 g/mol. The molecule has 1 unspecified atom stereocenters. The fourth-order valence-corrected chi connectivity index (χ4v) is 2.36. The Kier molecular flexibility index (Phi) is 4.81. The van der Waals surface area contributed by atoms with Crippen molar-refractivity contribution in [1.82, 2.24) is 5.32 Å². The summed E-state index contributed by atoms with van der Waals surface area (Å²) >= 11 is 11.9. The van der Waals surface area contributed by atoms with E-state index in [4.69, 9.17) is 23.2 Å². The van der Waals surface area contributed by atoms with E-state index in [9.17, 15) is 4.39 Å². The second kappa shape index (κ2) is 6.38. The molecule has 0 fully saturated rings. The molecule has 2 rings (SSSR count). The largest absolute Gasteiger partial charge is 0.306 e. The number of nitrogens with one attached hydrogen (secondary N) is 1. The van der Waals surface area contributed by atoms with Crippen molar-refractivity contribution in [3.63, 3.8) is 0 Å². The van der Waals surface area contributed by atoms with Gasteiger partial charge in [0.1, 0.15) is 5.82 Å². The van der Waals surface area contributed by atoms with E-state index in [1.807, 2.05) is 31.2 Å². The second-order valence-corrected chi connectivity index (χ2v) is 5.19. The number of benzene rings is 2. The Bertz CT molecular complexity index is 572. The zero-order valence-electron chi connectivity index (χ0n) is 10.5. The van der Waals surface area contributed by atoms with Gasteiger partial charge < -0.3 is 5.32 Å². The van der Waals surface area contributed by atoms with Crippen molar-refractivity contribution in [3.8, 4) is 0 Å². The third-order valence-corrected chi connectivity index (χ3v) is 3.60. The molecule has 0 amide bonds. The van der Waals surface area contributed by atoms with E-state index >= 15 is 0 Å². The molecule has 0 saturated heterocycles. The van der Waals surface area contributed by atoms with Gasteiger partial charge in [0.25, 0.3) is 0 Å². The van der Waals surface area contributed by atoms with E-state index < -0.39 is 5.82 Å². The van der Waals surface area contributed by atoms with E-state index in [2.05, 4.69) is 5.32 Å². The topological polar surface area (TPSA) is 12.0 Å². The molecule has 0 aromatic heterocycles. The van der Waals surface area contributed by atoms with Crippen LogP contribution in [0.3, 0.4) is 0 Å². The van der Waals surface area contributed by atoms with Gasteiger partial charge in [-0.3, -0.25) is 0 Å². The lowest BCUT2D eigenvalue weighted by Crippen LogP contribution is -2.18. The summed E-state index contributed by atoms with van der Waals surface area (Å²) in [6, 6.07) is 12.5. The molecule has 19 heavy (non-hydrogen) atoms. The van der Waals surface area contributed by atoms with Gasteiger partial charge in [0, 0.05) is 17.6 Å². The lowest BCUT2D eigenvalue weighted by molar-refractivity contribution is 0.573. The van der Waals surface area contributed by atoms with Crippen LogP contribution in [0.4, 0.5) is 4.39 Å². The predicted molar refractivity (Wildman–Crippen MR) is 78.1 cm³/mol. The maximum absolute atomic E-state index is 13.0. The van der Waals surface area contributed by atoms with E-state index in [0.29, 0.717) is 6.54 Å². The molecule has 4 heteroatoms. The van der Waals surface area contributed by atoms with Gasteiger partial charge in [-0.25, -0.2) is 4.39 Å². The lowest BCUT2D eigenvalue weighted by Gasteiger charge is -2.15. The summed E-state index contributed by atoms with van der Waals surface area (Å²) in [7, 11) is 0. The third kappa shape index (κ3) is 3.69. The SMILES string of the molecule is CC(NCc1ccc(F)c(Cl)c1)c1ccccc1Cl. The molecule has 1 atom stereocenters. The fourth-order valence-electron chi connectivity index (χ4n) is 1.86. The van der Waals surface area contributed by atoms with Crippen LogP contribution >= 0.6 is 23.2 Å². The van der Waals surface area contributed by atoms with Gasteiger partial charge in [0.15, 0.2) is 0 Å². The van der Waals surface area contributed by atoms with E-state index in [1.165, 1.54) is 6.07 Å². The van der Waals surface area contributed by atoms with Crippen LogP contribution < -0.4 is 5.32 Å². The van der Waals surface area contributed by atoms with Gasteiger partial charge in [-0.2, -0.15) is 0 Å². The molecule has 0 aliphatic rings. The number of hydrogen-bond donors (Lipinski definition) is 1. The lowest BCUT2D eigenvalue weighted by atomic mass is 10.1. The summed E-state index contributed by atoms with van der Waals surface area (Å²) in [6.45, 7) is 2.64. The molecule has 0 heterocycles. The van der Waals surface area contributed by atoms with Crippen molar-refractivity contribution >= 4 is 23.2 Å². The summed E-state index contributed by atoms with van der Waals surface area (Å²) < 4.78 is 13.0. The molecular formula is C15H14Cl2FN. The van der Waals surface area contributed by atoms with Crippen LogP contribution in [0.2, 0.25) is 10.0 Å². The maximum Gasteiger partial charge on any atom is 0.141 e. The first-order valence-corrected chi connectivity index (χ1v) is 6.75. The van der Waals surface area contributed by atoms with Crippen molar-refractivity contribution in [2.75, 3.05) is 0 Å². The van der Waals surface area contributed by atoms with Gasteiger partial charge in [0.05, 0.1) is 5.02 Å². The van der Waals surface area contributed by atoms with Gasteiger partial charge >= 0.3 is 0 Å². The normalized spacial score (nSPS) is 12.4. The molecule has 1 nitrogen and oxygen atoms in total. The smallest absolute Gasteiger partial charge is 0.141 e. The zero-order chi connectivity index (χ0) is 13.8. The van der Waals surface area contributed by atoms with Crippen molar-refractivity contribution in [2.45, 2.75) is 19.5 Å². The molecule has 0 spiro atoms. The van der Waals surface area contributed by atoms with Crippen LogP contribution in [0.25, 0.3) is 0 Å². The van der Waals surface area contributed by atoms with Crippen LogP contribution in [-0.2, 0) is 6.54 Å². The Hall–Kier alpha value is -1.09. The van der Waals surface area contributed by atoms with Gasteiger partial charge in [-0.05, 0) is 36.2 Å². The number of halogens is 3. The third-order valence-electron chi connectivity index (χ3n) is 2.97. The molecule has 0 bridgehead atoms. The highest BCUT2D eigenvalue weighted by Crippen LogP contribution is 2.23. The highest BCUT2D eigenvalue weighted by molar-refractivity contribution is 6.31. The van der Waals surface area contributed by atoms with Gasteiger partial charge in [-0.15, -0.1) is 0 Å². The second-order valence-electron chi connectivity index (χ2n) is 4.37. The number of rotatable bonds is 4. The minimum Gasteiger partial charge on any atom is -0.306 e. The molecule has 0 aliphatic heterocycles. The first kappa shape index (κ1) is 14.3. The fraction of sp³-hybridized carbons (Fsp3) is 0.200. The van der Waals surface area contributed by atoms with Crippen molar-refractivity contribution < 1.29 is 4.39 Å². The van der Waals surface area contributed by atoms with Crippen LogP contribution in [0.1, 0.15) is 24.1 Å². The zero-order valence-corrected chi connectivity index (χ0v) is 12.0. The van der Waals surface area contributed by atoms with Crippen LogP contribution in [-0.4, -0.2) is 0 Å². The Morgan fingerprint density at radius 2 is 1.84 bits per heavy atom. The summed E-state index contributed by atoms with van der Waals surface area (Å²) in [5.41, 5.74) is 1.97. The molecule has 0 saturated carbocycles. The average molecular weight is 298 g/mol. The molecule has 2 aromatic carbocycles. The predicted octanol–water partition coefficient (Wildman–Crippen LogP) is 4.98. The molecule has 0 aliphatic carbocycles. The van der Waals surface area contributed by atoms with Crippen molar-refractivity contribution in [1.29, 1.82) is 0 Å². The minimum absolute atomic E-state index is 0.109. The highest BCUT2D eigenvalue weighted by Gasteiger charge is 2.08. The van der Waals surface area contributed by atoms with Crippen LogP contribution in [0, 0.1) is 5.82 Å². The standard InChI is InChI=1S/C15H14Cl2FN/c1-10(12-4-2-3-5-13(12)16)19-9-11-6-7-15(18)14(17)8-11/h2-8,10,19H,9H2,1H3. The van der Waals surface area contributed by atoms with Gasteiger partial charge in [-0.1, -0.05) is 47.5 Å². The summed E-state index contributed by atoms with van der Waals surface area (Å²) in [4.78, 5) is 0. The van der Waals surface area contributed by atoms with Crippen LogP contribution in [0.15, 0.2) is 42.5 Å². The first-order valence-electron chi connectivity index (χ1n) is 5.99. The highest BCUT2D eigenvalue weighted by atomic mass is 35.5. The van der Waals surface area contributed by atoms with Gasteiger partial charge in [0.2, 0.25) is 0 Å². The van der Waals surface area contributed by atoms with Crippen molar-refractivity contribution in [2.24, 2.45) is 0 Å². The quantitative estimate of drug-likeness (QED) is 0.839. The molecule has 1 N–H and O–H groups in total. The number of hydrogen-bond acceptors (Lipinski definition) is 1. The Morgan fingerprint density at radius 3 is 2.53 bits per heavy atom. The summed E-state index contributed by atoms with van der Waals surface area (Å²) in [6.07, 6.45) is 0. The first-order chi connectivity index (χ1) is 9.08. The monoisotopic (exact) mass is 297 g/mol. The Balaban J connectivity index is 2.02. The van der Waals surface area contributed by atoms with Crippen molar-refractivity contribution in [3.05, 3.63) is 69.5 Å². The molecule has 2 aromatic rings. The average Bonchev–Trinajstić information content (AvgIpc) is 2.40. The minimum atomic E-state index is -0.399. The van der Waals surface area contributed by atoms with E-state index in [0.717, 1.165) is 16.1 Å². The molecule has 0 radical (unpaired) electrons. The molecule has 100 valence electrons. The summed E-state index contributed by atoms with van der Waals surface area (Å²) in [5.74, 6) is -0.399. The Morgan fingerprint density at radius 1 is 1.11 bits per heavy atom. The Labute approximate surface area is 122 Å².